The van der Waals surface area contributed by atoms with Gasteiger partial charge in [-0.05, 0) is 25.1 Å². The molecule has 1 aromatic rings. The molecule has 0 radical (unpaired) electrons. The van der Waals surface area contributed by atoms with Crippen molar-refractivity contribution in [1.29, 1.82) is 10.5 Å². The van der Waals surface area contributed by atoms with Gasteiger partial charge in [0, 0.05) is 12.5 Å². The maximum atomic E-state index is 9.44. The highest BCUT2D eigenvalue weighted by molar-refractivity contribution is 5.23. The highest BCUT2D eigenvalue weighted by Crippen LogP contribution is 2.27. The van der Waals surface area contributed by atoms with Crippen LogP contribution >= 0.6 is 0 Å². The summed E-state index contributed by atoms with van der Waals surface area (Å²) < 4.78 is 0. The lowest BCUT2D eigenvalue weighted by atomic mass is 9.83. The van der Waals surface area contributed by atoms with Gasteiger partial charge in [0.15, 0.2) is 0 Å². The number of benzene rings is 1. The Morgan fingerprint density at radius 2 is 1.95 bits per heavy atom. The van der Waals surface area contributed by atoms with Gasteiger partial charge in [0.1, 0.15) is 0 Å². The Hall–Kier alpha value is -2.30. The molecule has 2 N–H and O–H groups in total. The van der Waals surface area contributed by atoms with Crippen molar-refractivity contribution in [2.45, 2.75) is 25.9 Å². The third-order valence-electron chi connectivity index (χ3n) is 3.96. The number of nitriles is 2. The quantitative estimate of drug-likeness (QED) is 0.918. The second kappa shape index (κ2) is 6.92. The Labute approximate surface area is 126 Å². The molecule has 0 amide bonds. The number of aryl methyl sites for hydroxylation is 1. The van der Waals surface area contributed by atoms with Gasteiger partial charge in [-0.15, -0.1) is 0 Å². The van der Waals surface area contributed by atoms with Crippen molar-refractivity contribution in [3.63, 3.8) is 0 Å². The van der Waals surface area contributed by atoms with Crippen molar-refractivity contribution in [2.24, 2.45) is 17.6 Å². The molecule has 4 nitrogen and oxygen atoms in total. The monoisotopic (exact) mass is 280 g/mol. The summed E-state index contributed by atoms with van der Waals surface area (Å²) in [5.74, 6) is -0.138. The molecule has 0 spiro atoms. The van der Waals surface area contributed by atoms with Crippen LogP contribution in [-0.4, -0.2) is 17.6 Å². The standard InChI is InChI=1S/C17H20N4/c1-13-3-5-14(6-4-13)11-15-7-10-21(9-2-8-18)17(20)16(15)12-19/h3-7,10,15-17H,2,9,11,20H2,1H3. The van der Waals surface area contributed by atoms with Gasteiger partial charge in [0.05, 0.1) is 30.6 Å². The summed E-state index contributed by atoms with van der Waals surface area (Å²) in [5.41, 5.74) is 8.63. The zero-order chi connectivity index (χ0) is 15.2. The van der Waals surface area contributed by atoms with Crippen molar-refractivity contribution >= 4 is 0 Å². The van der Waals surface area contributed by atoms with Crippen LogP contribution in [0, 0.1) is 41.4 Å². The summed E-state index contributed by atoms with van der Waals surface area (Å²) in [4.78, 5) is 1.89. The molecule has 2 rings (SSSR count). The van der Waals surface area contributed by atoms with Gasteiger partial charge in [-0.1, -0.05) is 35.9 Å². The average Bonchev–Trinajstić information content (AvgIpc) is 2.49. The van der Waals surface area contributed by atoms with E-state index in [4.69, 9.17) is 11.0 Å². The summed E-state index contributed by atoms with van der Waals surface area (Å²) in [5, 5.41) is 18.1. The van der Waals surface area contributed by atoms with Crippen LogP contribution in [-0.2, 0) is 6.42 Å². The molecular weight excluding hydrogens is 260 g/mol. The zero-order valence-corrected chi connectivity index (χ0v) is 12.2. The van der Waals surface area contributed by atoms with E-state index < -0.39 is 0 Å². The van der Waals surface area contributed by atoms with E-state index in [0.29, 0.717) is 13.0 Å². The van der Waals surface area contributed by atoms with Crippen LogP contribution in [0.25, 0.3) is 0 Å². The summed E-state index contributed by atoms with van der Waals surface area (Å²) in [6.45, 7) is 2.63. The molecule has 21 heavy (non-hydrogen) atoms. The highest BCUT2D eigenvalue weighted by Gasteiger charge is 2.32. The first-order chi connectivity index (χ1) is 10.2. The molecular formula is C17H20N4. The lowest BCUT2D eigenvalue weighted by molar-refractivity contribution is 0.188. The van der Waals surface area contributed by atoms with Crippen LogP contribution in [0.2, 0.25) is 0 Å². The topological polar surface area (TPSA) is 76.8 Å². The molecule has 108 valence electrons. The minimum atomic E-state index is -0.344. The molecule has 1 aromatic carbocycles. The molecule has 0 fully saturated rings. The number of rotatable bonds is 4. The van der Waals surface area contributed by atoms with Crippen molar-refractivity contribution in [1.82, 2.24) is 4.90 Å². The molecule has 3 unspecified atom stereocenters. The fourth-order valence-electron chi connectivity index (χ4n) is 2.67. The van der Waals surface area contributed by atoms with E-state index in [0.717, 1.165) is 6.42 Å². The van der Waals surface area contributed by atoms with E-state index in [1.54, 1.807) is 0 Å². The summed E-state index contributed by atoms with van der Waals surface area (Å²) in [6.07, 6.45) is 4.88. The SMILES string of the molecule is Cc1ccc(CC2C=CN(CCC#N)C(N)C2C#N)cc1. The molecule has 0 bridgehead atoms. The average molecular weight is 280 g/mol. The summed E-state index contributed by atoms with van der Waals surface area (Å²) in [7, 11) is 0. The molecule has 1 aliphatic rings. The molecule has 3 atom stereocenters. The predicted molar refractivity (Wildman–Crippen MR) is 81.5 cm³/mol. The summed E-state index contributed by atoms with van der Waals surface area (Å²) >= 11 is 0. The molecule has 1 aliphatic heterocycles. The van der Waals surface area contributed by atoms with Gasteiger partial charge in [0.25, 0.3) is 0 Å². The van der Waals surface area contributed by atoms with Crippen LogP contribution < -0.4 is 5.73 Å². The Morgan fingerprint density at radius 3 is 2.57 bits per heavy atom. The first-order valence-corrected chi connectivity index (χ1v) is 7.17. The van der Waals surface area contributed by atoms with Gasteiger partial charge in [-0.25, -0.2) is 0 Å². The molecule has 0 aromatic heterocycles. The lowest BCUT2D eigenvalue weighted by Gasteiger charge is -2.37. The Morgan fingerprint density at radius 1 is 1.24 bits per heavy atom. The van der Waals surface area contributed by atoms with Gasteiger partial charge in [-0.2, -0.15) is 10.5 Å². The Balaban J connectivity index is 2.11. The molecule has 0 saturated carbocycles. The van der Waals surface area contributed by atoms with Gasteiger partial charge >= 0.3 is 0 Å². The molecule has 1 heterocycles. The number of allylic oxidation sites excluding steroid dienone is 1. The maximum absolute atomic E-state index is 9.44. The fraction of sp³-hybridized carbons (Fsp3) is 0.412. The number of nitrogens with two attached hydrogens (primary N) is 1. The lowest BCUT2D eigenvalue weighted by Crippen LogP contribution is -2.49. The van der Waals surface area contributed by atoms with Gasteiger partial charge in [-0.3, -0.25) is 0 Å². The van der Waals surface area contributed by atoms with Gasteiger partial charge in [0.2, 0.25) is 0 Å². The van der Waals surface area contributed by atoms with Crippen LogP contribution in [0.5, 0.6) is 0 Å². The van der Waals surface area contributed by atoms with E-state index in [1.807, 2.05) is 11.1 Å². The number of nitrogens with zero attached hydrogens (tertiary/aromatic N) is 3. The largest absolute Gasteiger partial charge is 0.360 e. The number of hydrogen-bond acceptors (Lipinski definition) is 4. The van der Waals surface area contributed by atoms with Crippen molar-refractivity contribution in [3.8, 4) is 12.1 Å². The second-order valence-corrected chi connectivity index (χ2v) is 5.49. The first kappa shape index (κ1) is 15.1. The van der Waals surface area contributed by atoms with Crippen LogP contribution in [0.4, 0.5) is 0 Å². The van der Waals surface area contributed by atoms with E-state index in [2.05, 4.69) is 49.4 Å². The Bertz CT molecular complexity index is 576. The van der Waals surface area contributed by atoms with Crippen molar-refractivity contribution in [2.75, 3.05) is 6.54 Å². The van der Waals surface area contributed by atoms with Crippen LogP contribution in [0.3, 0.4) is 0 Å². The van der Waals surface area contributed by atoms with Gasteiger partial charge < -0.3 is 10.6 Å². The Kier molecular flexibility index (Phi) is 4.98. The maximum Gasteiger partial charge on any atom is 0.0932 e. The zero-order valence-electron chi connectivity index (χ0n) is 12.2. The van der Waals surface area contributed by atoms with Crippen LogP contribution in [0.15, 0.2) is 36.5 Å². The minimum absolute atomic E-state index is 0.117. The predicted octanol–water partition coefficient (Wildman–Crippen LogP) is 2.32. The second-order valence-electron chi connectivity index (χ2n) is 5.49. The van der Waals surface area contributed by atoms with E-state index in [-0.39, 0.29) is 18.0 Å². The normalized spacial score (nSPS) is 24.4. The van der Waals surface area contributed by atoms with Crippen molar-refractivity contribution in [3.05, 3.63) is 47.7 Å². The third kappa shape index (κ3) is 3.62. The number of hydrogen-bond donors (Lipinski definition) is 1. The van der Waals surface area contributed by atoms with E-state index in [1.165, 1.54) is 11.1 Å². The van der Waals surface area contributed by atoms with E-state index in [9.17, 15) is 5.26 Å². The molecule has 0 saturated heterocycles. The highest BCUT2D eigenvalue weighted by atomic mass is 15.2. The van der Waals surface area contributed by atoms with E-state index >= 15 is 0 Å². The van der Waals surface area contributed by atoms with Crippen molar-refractivity contribution < 1.29 is 0 Å². The fourth-order valence-corrected chi connectivity index (χ4v) is 2.67. The minimum Gasteiger partial charge on any atom is -0.360 e. The third-order valence-corrected chi connectivity index (χ3v) is 3.96. The smallest absolute Gasteiger partial charge is 0.0932 e. The van der Waals surface area contributed by atoms with Crippen LogP contribution in [0.1, 0.15) is 17.5 Å². The summed E-state index contributed by atoms with van der Waals surface area (Å²) in [6, 6.07) is 12.8. The molecule has 0 aliphatic carbocycles. The molecule has 4 heteroatoms. The first-order valence-electron chi connectivity index (χ1n) is 7.17.